The van der Waals surface area contributed by atoms with Gasteiger partial charge in [0.1, 0.15) is 5.82 Å². The lowest BCUT2D eigenvalue weighted by molar-refractivity contribution is -0.117. The van der Waals surface area contributed by atoms with E-state index >= 15 is 0 Å². The van der Waals surface area contributed by atoms with Crippen molar-refractivity contribution in [1.29, 1.82) is 5.26 Å². The van der Waals surface area contributed by atoms with Crippen LogP contribution in [0.1, 0.15) is 6.42 Å². The summed E-state index contributed by atoms with van der Waals surface area (Å²) < 4.78 is 12.9. The van der Waals surface area contributed by atoms with E-state index in [9.17, 15) is 9.18 Å². The molecule has 1 aromatic carbocycles. The summed E-state index contributed by atoms with van der Waals surface area (Å²) >= 11 is 5.63. The van der Waals surface area contributed by atoms with Crippen LogP contribution in [0, 0.1) is 23.1 Å². The minimum absolute atomic E-state index is 0.0225. The van der Waals surface area contributed by atoms with E-state index < -0.39 is 5.82 Å². The summed E-state index contributed by atoms with van der Waals surface area (Å²) in [6.45, 7) is 0.345. The quantitative estimate of drug-likeness (QED) is 0.754. The number of carbonyl (C=O) groups is 1. The van der Waals surface area contributed by atoms with E-state index in [2.05, 4.69) is 6.07 Å². The van der Waals surface area contributed by atoms with E-state index in [0.29, 0.717) is 12.2 Å². The third-order valence-electron chi connectivity index (χ3n) is 2.52. The number of amides is 1. The van der Waals surface area contributed by atoms with Crippen LogP contribution < -0.4 is 4.90 Å². The van der Waals surface area contributed by atoms with Gasteiger partial charge in [-0.15, -0.1) is 0 Å². The zero-order chi connectivity index (χ0) is 11.7. The van der Waals surface area contributed by atoms with Crippen LogP contribution in [0.4, 0.5) is 10.1 Å². The van der Waals surface area contributed by atoms with E-state index in [1.165, 1.54) is 23.1 Å². The van der Waals surface area contributed by atoms with Crippen molar-refractivity contribution in [2.75, 3.05) is 11.4 Å². The Kier molecular flexibility index (Phi) is 2.80. The molecule has 1 heterocycles. The Balaban J connectivity index is 2.29. The van der Waals surface area contributed by atoms with Crippen LogP contribution in [-0.4, -0.2) is 12.5 Å². The van der Waals surface area contributed by atoms with E-state index in [4.69, 9.17) is 16.9 Å². The van der Waals surface area contributed by atoms with Crippen LogP contribution in [-0.2, 0) is 4.79 Å². The van der Waals surface area contributed by atoms with Crippen molar-refractivity contribution in [3.8, 4) is 6.07 Å². The third-order valence-corrected chi connectivity index (χ3v) is 2.81. The lowest BCUT2D eigenvalue weighted by Gasteiger charge is -2.15. The van der Waals surface area contributed by atoms with Crippen molar-refractivity contribution in [2.24, 2.45) is 5.92 Å². The molecule has 0 bridgehead atoms. The monoisotopic (exact) mass is 238 g/mol. The zero-order valence-electron chi connectivity index (χ0n) is 8.28. The molecule has 1 aliphatic rings. The average Bonchev–Trinajstić information content (AvgIpc) is 2.64. The summed E-state index contributed by atoms with van der Waals surface area (Å²) in [5, 5.41) is 8.71. The van der Waals surface area contributed by atoms with E-state index in [-0.39, 0.29) is 23.3 Å². The number of rotatable bonds is 1. The minimum Gasteiger partial charge on any atom is -0.311 e. The van der Waals surface area contributed by atoms with Gasteiger partial charge in [-0.2, -0.15) is 5.26 Å². The Morgan fingerprint density at radius 3 is 2.88 bits per heavy atom. The minimum atomic E-state index is -0.520. The maximum atomic E-state index is 12.9. The number of anilines is 1. The van der Waals surface area contributed by atoms with Gasteiger partial charge in [0, 0.05) is 18.7 Å². The summed E-state index contributed by atoms with van der Waals surface area (Å²) in [7, 11) is 0. The Bertz CT molecular complexity index is 483. The summed E-state index contributed by atoms with van der Waals surface area (Å²) in [5.74, 6) is -0.945. The molecule has 0 unspecified atom stereocenters. The fraction of sp³-hybridized carbons (Fsp3) is 0.273. The second-order valence-corrected chi connectivity index (χ2v) is 4.04. The Morgan fingerprint density at radius 2 is 2.31 bits per heavy atom. The van der Waals surface area contributed by atoms with Gasteiger partial charge < -0.3 is 4.90 Å². The number of nitriles is 1. The highest BCUT2D eigenvalue weighted by Gasteiger charge is 2.30. The Labute approximate surface area is 97.0 Å². The van der Waals surface area contributed by atoms with Crippen molar-refractivity contribution < 1.29 is 9.18 Å². The molecule has 0 N–H and O–H groups in total. The SMILES string of the molecule is N#C[C@H]1CC(=O)N(c2ccc(F)c(Cl)c2)C1. The molecule has 0 spiro atoms. The van der Waals surface area contributed by atoms with Crippen molar-refractivity contribution >= 4 is 23.2 Å². The summed E-state index contributed by atoms with van der Waals surface area (Å²) in [6.07, 6.45) is 0.214. The first kappa shape index (κ1) is 10.9. The first-order valence-electron chi connectivity index (χ1n) is 4.77. The molecule has 1 aromatic rings. The molecular weight excluding hydrogens is 231 g/mol. The topological polar surface area (TPSA) is 44.1 Å². The smallest absolute Gasteiger partial charge is 0.228 e. The largest absolute Gasteiger partial charge is 0.311 e. The van der Waals surface area contributed by atoms with E-state index in [1.54, 1.807) is 0 Å². The molecule has 0 aliphatic carbocycles. The number of carbonyl (C=O) groups excluding carboxylic acids is 1. The molecule has 1 saturated heterocycles. The Morgan fingerprint density at radius 1 is 1.56 bits per heavy atom. The second kappa shape index (κ2) is 4.11. The van der Waals surface area contributed by atoms with Crippen molar-refractivity contribution in [2.45, 2.75) is 6.42 Å². The average molecular weight is 239 g/mol. The molecule has 5 heteroatoms. The zero-order valence-corrected chi connectivity index (χ0v) is 9.04. The first-order valence-corrected chi connectivity index (χ1v) is 5.14. The van der Waals surface area contributed by atoms with Gasteiger partial charge in [0.25, 0.3) is 0 Å². The molecule has 1 amide bonds. The third kappa shape index (κ3) is 1.86. The number of nitrogens with zero attached hydrogens (tertiary/aromatic N) is 2. The number of hydrogen-bond donors (Lipinski definition) is 0. The van der Waals surface area contributed by atoms with Crippen molar-refractivity contribution in [1.82, 2.24) is 0 Å². The number of halogens is 2. The van der Waals surface area contributed by atoms with Gasteiger partial charge in [-0.3, -0.25) is 4.79 Å². The lowest BCUT2D eigenvalue weighted by atomic mass is 10.1. The molecule has 3 nitrogen and oxygen atoms in total. The summed E-state index contributed by atoms with van der Waals surface area (Å²) in [4.78, 5) is 13.0. The van der Waals surface area contributed by atoms with Gasteiger partial charge in [-0.1, -0.05) is 11.6 Å². The molecule has 0 aromatic heterocycles. The molecule has 1 atom stereocenters. The number of hydrogen-bond acceptors (Lipinski definition) is 2. The number of benzene rings is 1. The molecular formula is C11H8ClFN2O. The molecule has 1 aliphatic heterocycles. The predicted octanol–water partition coefficient (Wildman–Crippen LogP) is 2.36. The van der Waals surface area contributed by atoms with E-state index in [0.717, 1.165) is 0 Å². The highest BCUT2D eigenvalue weighted by molar-refractivity contribution is 6.31. The standard InChI is InChI=1S/C11H8ClFN2O/c12-9-4-8(1-2-10(9)13)15-6-7(5-14)3-11(15)16/h1-2,4,7H,3,6H2/t7-/m1/s1. The summed E-state index contributed by atoms with van der Waals surface area (Å²) in [6, 6.07) is 6.15. The van der Waals surface area contributed by atoms with Gasteiger partial charge in [-0.25, -0.2) is 4.39 Å². The van der Waals surface area contributed by atoms with Crippen LogP contribution in [0.2, 0.25) is 5.02 Å². The van der Waals surface area contributed by atoms with Crippen LogP contribution in [0.3, 0.4) is 0 Å². The lowest BCUT2D eigenvalue weighted by Crippen LogP contribution is -2.24. The maximum absolute atomic E-state index is 12.9. The highest BCUT2D eigenvalue weighted by Crippen LogP contribution is 2.28. The fourth-order valence-corrected chi connectivity index (χ4v) is 1.87. The second-order valence-electron chi connectivity index (χ2n) is 3.63. The molecule has 16 heavy (non-hydrogen) atoms. The van der Waals surface area contributed by atoms with Crippen LogP contribution in [0.25, 0.3) is 0 Å². The molecule has 0 radical (unpaired) electrons. The van der Waals surface area contributed by atoms with Gasteiger partial charge in [0.2, 0.25) is 5.91 Å². The summed E-state index contributed by atoms with van der Waals surface area (Å²) in [5.41, 5.74) is 0.536. The predicted molar refractivity (Wildman–Crippen MR) is 57.5 cm³/mol. The van der Waals surface area contributed by atoms with E-state index in [1.807, 2.05) is 0 Å². The van der Waals surface area contributed by atoms with Gasteiger partial charge >= 0.3 is 0 Å². The molecule has 82 valence electrons. The van der Waals surface area contributed by atoms with Gasteiger partial charge in [0.05, 0.1) is 17.0 Å². The molecule has 1 fully saturated rings. The van der Waals surface area contributed by atoms with Crippen molar-refractivity contribution in [3.05, 3.63) is 29.0 Å². The van der Waals surface area contributed by atoms with Crippen LogP contribution >= 0.6 is 11.6 Å². The Hall–Kier alpha value is -1.60. The fourth-order valence-electron chi connectivity index (χ4n) is 1.70. The van der Waals surface area contributed by atoms with Crippen molar-refractivity contribution in [3.63, 3.8) is 0 Å². The molecule has 0 saturated carbocycles. The first-order chi connectivity index (χ1) is 7.61. The normalized spacial score (nSPS) is 19.9. The highest BCUT2D eigenvalue weighted by atomic mass is 35.5. The maximum Gasteiger partial charge on any atom is 0.228 e. The van der Waals surface area contributed by atoms with Crippen LogP contribution in [0.15, 0.2) is 18.2 Å². The molecule has 2 rings (SSSR count). The van der Waals surface area contributed by atoms with Gasteiger partial charge in [-0.05, 0) is 18.2 Å². The van der Waals surface area contributed by atoms with Crippen LogP contribution in [0.5, 0.6) is 0 Å². The van der Waals surface area contributed by atoms with Gasteiger partial charge in [0.15, 0.2) is 0 Å².